The number of nitrogens with two attached hydrogens (primary N) is 1. The first-order valence-corrected chi connectivity index (χ1v) is 5.39. The highest BCUT2D eigenvalue weighted by molar-refractivity contribution is 9.10. The molecule has 1 heterocycles. The lowest BCUT2D eigenvalue weighted by atomic mass is 10.3. The lowest BCUT2D eigenvalue weighted by Gasteiger charge is -2.13. The average molecular weight is 257 g/mol. The van der Waals surface area contributed by atoms with Crippen LogP contribution in [0.5, 0.6) is 0 Å². The Morgan fingerprint density at radius 2 is 2.00 bits per heavy atom. The summed E-state index contributed by atoms with van der Waals surface area (Å²) in [4.78, 5) is 10.5. The molecule has 1 aromatic heterocycles. The van der Waals surface area contributed by atoms with E-state index in [2.05, 4.69) is 25.9 Å². The molecule has 0 aliphatic heterocycles. The van der Waals surface area contributed by atoms with Gasteiger partial charge in [0, 0.05) is 20.0 Å². The van der Waals surface area contributed by atoms with Crippen molar-refractivity contribution < 1.29 is 0 Å². The van der Waals surface area contributed by atoms with E-state index in [0.29, 0.717) is 17.7 Å². The summed E-state index contributed by atoms with van der Waals surface area (Å²) in [6.45, 7) is 0. The van der Waals surface area contributed by atoms with Crippen LogP contribution in [0.3, 0.4) is 0 Å². The molecule has 0 aromatic carbocycles. The summed E-state index contributed by atoms with van der Waals surface area (Å²) in [7, 11) is 3.83. The monoisotopic (exact) mass is 256 g/mol. The van der Waals surface area contributed by atoms with Gasteiger partial charge in [-0.1, -0.05) is 0 Å². The molecule has 5 heteroatoms. The zero-order chi connectivity index (χ0) is 10.3. The van der Waals surface area contributed by atoms with Gasteiger partial charge in [-0.3, -0.25) is 0 Å². The molecule has 4 nitrogen and oxygen atoms in total. The maximum absolute atomic E-state index is 5.80. The van der Waals surface area contributed by atoms with Crippen LogP contribution in [0.4, 0.5) is 11.8 Å². The smallest absolute Gasteiger partial charge is 0.227 e. The second-order valence-electron chi connectivity index (χ2n) is 3.78. The van der Waals surface area contributed by atoms with E-state index in [1.54, 1.807) is 0 Å². The molecule has 1 aliphatic carbocycles. The molecule has 0 atom stereocenters. The van der Waals surface area contributed by atoms with Gasteiger partial charge >= 0.3 is 0 Å². The van der Waals surface area contributed by atoms with Gasteiger partial charge in [0.05, 0.1) is 10.2 Å². The standard InChI is InChI=1S/C9H13BrN4/c1-14(2)9-12-7(5-3-4-5)6(10)8(11)13-9/h5H,3-4H2,1-2H3,(H2,11,12,13). The number of hydrogen-bond donors (Lipinski definition) is 1. The van der Waals surface area contributed by atoms with E-state index in [9.17, 15) is 0 Å². The maximum Gasteiger partial charge on any atom is 0.227 e. The minimum atomic E-state index is 0.533. The van der Waals surface area contributed by atoms with Gasteiger partial charge in [-0.25, -0.2) is 4.98 Å². The highest BCUT2D eigenvalue weighted by Gasteiger charge is 2.29. The van der Waals surface area contributed by atoms with Crippen molar-refractivity contribution in [3.63, 3.8) is 0 Å². The Hall–Kier alpha value is -0.840. The van der Waals surface area contributed by atoms with Crippen molar-refractivity contribution >= 4 is 27.7 Å². The molecule has 0 bridgehead atoms. The van der Waals surface area contributed by atoms with Crippen LogP contribution in [0, 0.1) is 0 Å². The third-order valence-electron chi connectivity index (χ3n) is 2.25. The van der Waals surface area contributed by atoms with Gasteiger partial charge in [-0.15, -0.1) is 0 Å². The molecule has 1 aliphatic rings. The van der Waals surface area contributed by atoms with Gasteiger partial charge in [0.15, 0.2) is 0 Å². The predicted molar refractivity (Wildman–Crippen MR) is 60.4 cm³/mol. The summed E-state index contributed by atoms with van der Waals surface area (Å²) in [5.41, 5.74) is 6.86. The number of anilines is 2. The van der Waals surface area contributed by atoms with Gasteiger partial charge in [0.2, 0.25) is 5.95 Å². The number of rotatable bonds is 2. The van der Waals surface area contributed by atoms with E-state index in [-0.39, 0.29) is 0 Å². The van der Waals surface area contributed by atoms with Gasteiger partial charge in [0.25, 0.3) is 0 Å². The van der Waals surface area contributed by atoms with E-state index < -0.39 is 0 Å². The van der Waals surface area contributed by atoms with E-state index in [1.165, 1.54) is 12.8 Å². The maximum atomic E-state index is 5.80. The Morgan fingerprint density at radius 3 is 2.50 bits per heavy atom. The van der Waals surface area contributed by atoms with Crippen molar-refractivity contribution in [1.82, 2.24) is 9.97 Å². The van der Waals surface area contributed by atoms with Crippen molar-refractivity contribution in [2.45, 2.75) is 18.8 Å². The van der Waals surface area contributed by atoms with Crippen molar-refractivity contribution in [2.75, 3.05) is 24.7 Å². The van der Waals surface area contributed by atoms with E-state index in [1.807, 2.05) is 19.0 Å². The highest BCUT2D eigenvalue weighted by Crippen LogP contribution is 2.43. The zero-order valence-electron chi connectivity index (χ0n) is 8.29. The largest absolute Gasteiger partial charge is 0.383 e. The lowest BCUT2D eigenvalue weighted by Crippen LogP contribution is -2.15. The summed E-state index contributed by atoms with van der Waals surface area (Å²) < 4.78 is 0.866. The van der Waals surface area contributed by atoms with E-state index in [0.717, 1.165) is 10.2 Å². The quantitative estimate of drug-likeness (QED) is 0.877. The normalized spacial score (nSPS) is 15.6. The summed E-state index contributed by atoms with van der Waals surface area (Å²) in [5.74, 6) is 1.80. The molecule has 1 aromatic rings. The van der Waals surface area contributed by atoms with Crippen LogP contribution in [0.25, 0.3) is 0 Å². The number of hydrogen-bond acceptors (Lipinski definition) is 4. The fourth-order valence-corrected chi connectivity index (χ4v) is 1.80. The van der Waals surface area contributed by atoms with Crippen LogP contribution in [-0.4, -0.2) is 24.1 Å². The summed E-state index contributed by atoms with van der Waals surface area (Å²) in [6, 6.07) is 0. The molecule has 0 saturated heterocycles. The minimum Gasteiger partial charge on any atom is -0.383 e. The first-order chi connectivity index (χ1) is 6.59. The van der Waals surface area contributed by atoms with Crippen LogP contribution in [0.2, 0.25) is 0 Å². The van der Waals surface area contributed by atoms with Crippen molar-refractivity contribution in [3.8, 4) is 0 Å². The number of halogens is 1. The Balaban J connectivity index is 2.46. The van der Waals surface area contributed by atoms with Crippen LogP contribution < -0.4 is 10.6 Å². The third-order valence-corrected chi connectivity index (χ3v) is 3.07. The zero-order valence-corrected chi connectivity index (χ0v) is 9.87. The molecule has 1 saturated carbocycles. The molecular weight excluding hydrogens is 244 g/mol. The topological polar surface area (TPSA) is 55.0 Å². The first-order valence-electron chi connectivity index (χ1n) is 4.60. The first kappa shape index (κ1) is 9.71. The second-order valence-corrected chi connectivity index (χ2v) is 4.57. The molecule has 0 radical (unpaired) electrons. The van der Waals surface area contributed by atoms with Gasteiger partial charge in [-0.2, -0.15) is 4.98 Å². The van der Waals surface area contributed by atoms with Crippen molar-refractivity contribution in [2.24, 2.45) is 0 Å². The Bertz CT molecular complexity index is 360. The predicted octanol–water partition coefficient (Wildman–Crippen LogP) is 1.76. The van der Waals surface area contributed by atoms with Crippen LogP contribution in [-0.2, 0) is 0 Å². The van der Waals surface area contributed by atoms with Gasteiger partial charge in [-0.05, 0) is 28.8 Å². The molecule has 76 valence electrons. The molecule has 2 N–H and O–H groups in total. The van der Waals surface area contributed by atoms with Gasteiger partial charge < -0.3 is 10.6 Å². The van der Waals surface area contributed by atoms with E-state index in [4.69, 9.17) is 5.73 Å². The molecule has 2 rings (SSSR count). The fraction of sp³-hybridized carbons (Fsp3) is 0.556. The van der Waals surface area contributed by atoms with Crippen molar-refractivity contribution in [1.29, 1.82) is 0 Å². The lowest BCUT2D eigenvalue weighted by molar-refractivity contribution is 0.928. The number of aromatic nitrogens is 2. The molecule has 14 heavy (non-hydrogen) atoms. The Labute approximate surface area is 91.7 Å². The average Bonchev–Trinajstić information content (AvgIpc) is 2.92. The minimum absolute atomic E-state index is 0.533. The summed E-state index contributed by atoms with van der Waals surface area (Å²) >= 11 is 3.44. The molecule has 0 unspecified atom stereocenters. The van der Waals surface area contributed by atoms with Crippen LogP contribution in [0.1, 0.15) is 24.5 Å². The van der Waals surface area contributed by atoms with Gasteiger partial charge in [0.1, 0.15) is 5.82 Å². The SMILES string of the molecule is CN(C)c1nc(N)c(Br)c(C2CC2)n1. The molecule has 1 fully saturated rings. The van der Waals surface area contributed by atoms with E-state index >= 15 is 0 Å². The molecule has 0 spiro atoms. The van der Waals surface area contributed by atoms with Crippen LogP contribution >= 0.6 is 15.9 Å². The Kier molecular flexibility index (Phi) is 2.34. The number of nitrogen functional groups attached to an aromatic ring is 1. The summed E-state index contributed by atoms with van der Waals surface area (Å²) in [6.07, 6.45) is 2.42. The highest BCUT2D eigenvalue weighted by atomic mass is 79.9. The second kappa shape index (κ2) is 3.38. The van der Waals surface area contributed by atoms with Crippen molar-refractivity contribution in [3.05, 3.63) is 10.2 Å². The Morgan fingerprint density at radius 1 is 1.36 bits per heavy atom. The molecule has 0 amide bonds. The van der Waals surface area contributed by atoms with Crippen LogP contribution in [0.15, 0.2) is 4.47 Å². The molecular formula is C9H13BrN4. The summed E-state index contributed by atoms with van der Waals surface area (Å²) in [5, 5.41) is 0. The fourth-order valence-electron chi connectivity index (χ4n) is 1.30. The number of nitrogens with zero attached hydrogens (tertiary/aromatic N) is 3. The third kappa shape index (κ3) is 1.68.